The second kappa shape index (κ2) is 6.21. The molecule has 0 spiro atoms. The van der Waals surface area contributed by atoms with Crippen LogP contribution in [0.25, 0.3) is 0 Å². The van der Waals surface area contributed by atoms with Crippen LogP contribution in [0.1, 0.15) is 15.9 Å². The zero-order valence-corrected chi connectivity index (χ0v) is 10.6. The molecular formula is C16H12N2O2. The van der Waals surface area contributed by atoms with Gasteiger partial charge in [0, 0.05) is 11.1 Å². The van der Waals surface area contributed by atoms with Gasteiger partial charge in [0.1, 0.15) is 0 Å². The monoisotopic (exact) mass is 264 g/mol. The van der Waals surface area contributed by atoms with Crippen LogP contribution in [-0.4, -0.2) is 11.9 Å². The van der Waals surface area contributed by atoms with E-state index in [0.717, 1.165) is 0 Å². The molecule has 4 nitrogen and oxygen atoms in total. The van der Waals surface area contributed by atoms with Gasteiger partial charge < -0.3 is 5.32 Å². The maximum Gasteiger partial charge on any atom is 0.326 e. The molecule has 0 unspecified atom stereocenters. The normalized spacial score (nSPS) is 9.35. The third-order valence-corrected chi connectivity index (χ3v) is 2.59. The molecule has 2 aromatic rings. The minimum Gasteiger partial charge on any atom is -0.306 e. The highest BCUT2D eigenvalue weighted by molar-refractivity contribution is 6.08. The maximum atomic E-state index is 11.8. The average molecular weight is 264 g/mol. The zero-order valence-electron chi connectivity index (χ0n) is 10.6. The second-order valence-electron chi connectivity index (χ2n) is 3.96. The molecule has 2 aromatic carbocycles. The summed E-state index contributed by atoms with van der Waals surface area (Å²) >= 11 is 0. The number of amides is 3. The van der Waals surface area contributed by atoms with Crippen LogP contribution in [0.3, 0.4) is 0 Å². The number of terminal acetylenes is 1. The van der Waals surface area contributed by atoms with E-state index in [4.69, 9.17) is 6.42 Å². The van der Waals surface area contributed by atoms with Crippen molar-refractivity contribution in [3.63, 3.8) is 0 Å². The van der Waals surface area contributed by atoms with Gasteiger partial charge in [-0.25, -0.2) is 4.79 Å². The highest BCUT2D eigenvalue weighted by atomic mass is 16.2. The van der Waals surface area contributed by atoms with Crippen molar-refractivity contribution in [1.29, 1.82) is 0 Å². The van der Waals surface area contributed by atoms with Crippen LogP contribution in [0.5, 0.6) is 0 Å². The molecular weight excluding hydrogens is 252 g/mol. The molecule has 20 heavy (non-hydrogen) atoms. The summed E-state index contributed by atoms with van der Waals surface area (Å²) in [5, 5.41) is 4.79. The number of carbonyl (C=O) groups is 2. The van der Waals surface area contributed by atoms with Crippen molar-refractivity contribution >= 4 is 17.6 Å². The van der Waals surface area contributed by atoms with Crippen LogP contribution in [0.2, 0.25) is 0 Å². The molecule has 0 aromatic heterocycles. The van der Waals surface area contributed by atoms with E-state index < -0.39 is 11.9 Å². The van der Waals surface area contributed by atoms with Gasteiger partial charge >= 0.3 is 6.03 Å². The van der Waals surface area contributed by atoms with E-state index >= 15 is 0 Å². The molecule has 0 saturated carbocycles. The first-order valence-electron chi connectivity index (χ1n) is 5.93. The van der Waals surface area contributed by atoms with E-state index in [9.17, 15) is 9.59 Å². The van der Waals surface area contributed by atoms with E-state index in [0.29, 0.717) is 16.8 Å². The van der Waals surface area contributed by atoms with Gasteiger partial charge in [0.25, 0.3) is 5.91 Å². The van der Waals surface area contributed by atoms with Gasteiger partial charge in [-0.15, -0.1) is 6.42 Å². The summed E-state index contributed by atoms with van der Waals surface area (Å²) < 4.78 is 0. The van der Waals surface area contributed by atoms with Crippen LogP contribution in [-0.2, 0) is 0 Å². The third kappa shape index (κ3) is 3.24. The van der Waals surface area contributed by atoms with Crippen molar-refractivity contribution in [3.05, 3.63) is 65.7 Å². The van der Waals surface area contributed by atoms with E-state index in [1.165, 1.54) is 0 Å². The first-order valence-corrected chi connectivity index (χ1v) is 5.93. The molecule has 98 valence electrons. The molecule has 4 heteroatoms. The summed E-state index contributed by atoms with van der Waals surface area (Å²) in [5.74, 6) is 1.99. The number of urea groups is 1. The van der Waals surface area contributed by atoms with E-state index in [1.807, 2.05) is 0 Å². The van der Waals surface area contributed by atoms with Crippen molar-refractivity contribution in [2.24, 2.45) is 0 Å². The Morgan fingerprint density at radius 3 is 2.30 bits per heavy atom. The fourth-order valence-corrected chi connectivity index (χ4v) is 1.64. The number of carbonyl (C=O) groups excluding carboxylic acids is 2. The number of nitrogens with one attached hydrogen (secondary N) is 2. The van der Waals surface area contributed by atoms with Crippen LogP contribution in [0, 0.1) is 12.3 Å². The Labute approximate surface area is 116 Å². The van der Waals surface area contributed by atoms with E-state index in [-0.39, 0.29) is 0 Å². The lowest BCUT2D eigenvalue weighted by Gasteiger charge is -2.08. The SMILES string of the molecule is C#Cc1ccccc1NC(=O)NC(=O)c1ccccc1. The number of para-hydroxylation sites is 1. The fourth-order valence-electron chi connectivity index (χ4n) is 1.64. The lowest BCUT2D eigenvalue weighted by molar-refractivity contribution is 0.0967. The summed E-state index contributed by atoms with van der Waals surface area (Å²) in [6.45, 7) is 0. The van der Waals surface area contributed by atoms with Gasteiger partial charge in [-0.05, 0) is 24.3 Å². The van der Waals surface area contributed by atoms with Crippen molar-refractivity contribution in [1.82, 2.24) is 5.32 Å². The molecule has 2 N–H and O–H groups in total. The Hall–Kier alpha value is -3.06. The predicted octanol–water partition coefficient (Wildman–Crippen LogP) is 2.63. The summed E-state index contributed by atoms with van der Waals surface area (Å²) in [6, 6.07) is 14.7. The van der Waals surface area contributed by atoms with Gasteiger partial charge in [-0.2, -0.15) is 0 Å². The lowest BCUT2D eigenvalue weighted by atomic mass is 10.2. The summed E-state index contributed by atoms with van der Waals surface area (Å²) in [5.41, 5.74) is 1.44. The standard InChI is InChI=1S/C16H12N2O2/c1-2-12-8-6-7-11-14(12)17-16(20)18-15(19)13-9-4-3-5-10-13/h1,3-11H,(H2,17,18,19,20). The third-order valence-electron chi connectivity index (χ3n) is 2.59. The van der Waals surface area contributed by atoms with Gasteiger partial charge in [0.15, 0.2) is 0 Å². The number of anilines is 1. The molecule has 2 rings (SSSR count). The van der Waals surface area contributed by atoms with Crippen LogP contribution in [0.4, 0.5) is 10.5 Å². The summed E-state index contributed by atoms with van der Waals surface area (Å²) in [6.07, 6.45) is 5.33. The Balaban J connectivity index is 2.03. The molecule has 0 aliphatic rings. The van der Waals surface area contributed by atoms with Crippen molar-refractivity contribution < 1.29 is 9.59 Å². The smallest absolute Gasteiger partial charge is 0.306 e. The summed E-state index contributed by atoms with van der Waals surface area (Å²) in [4.78, 5) is 23.5. The van der Waals surface area contributed by atoms with Gasteiger partial charge in [-0.1, -0.05) is 36.3 Å². The number of hydrogen-bond donors (Lipinski definition) is 2. The second-order valence-corrected chi connectivity index (χ2v) is 3.96. The maximum absolute atomic E-state index is 11.8. The van der Waals surface area contributed by atoms with Crippen LogP contribution < -0.4 is 10.6 Å². The number of benzene rings is 2. The van der Waals surface area contributed by atoms with Crippen LogP contribution >= 0.6 is 0 Å². The Kier molecular flexibility index (Phi) is 4.15. The molecule has 0 heterocycles. The zero-order chi connectivity index (χ0) is 14.4. The number of hydrogen-bond acceptors (Lipinski definition) is 2. The Bertz CT molecular complexity index is 672. The highest BCUT2D eigenvalue weighted by Crippen LogP contribution is 2.13. The molecule has 0 aliphatic carbocycles. The molecule has 0 aliphatic heterocycles. The fraction of sp³-hybridized carbons (Fsp3) is 0. The van der Waals surface area contributed by atoms with Crippen molar-refractivity contribution in [2.75, 3.05) is 5.32 Å². The minimum absolute atomic E-state index is 0.410. The largest absolute Gasteiger partial charge is 0.326 e. The predicted molar refractivity (Wildman–Crippen MR) is 77.3 cm³/mol. The number of imide groups is 1. The Morgan fingerprint density at radius 1 is 0.950 bits per heavy atom. The molecule has 3 amide bonds. The number of rotatable bonds is 2. The quantitative estimate of drug-likeness (QED) is 0.819. The minimum atomic E-state index is -0.624. The van der Waals surface area contributed by atoms with Gasteiger partial charge in [0.05, 0.1) is 5.69 Å². The lowest BCUT2D eigenvalue weighted by Crippen LogP contribution is -2.34. The first kappa shape index (κ1) is 13.4. The van der Waals surface area contributed by atoms with Gasteiger partial charge in [-0.3, -0.25) is 10.1 Å². The topological polar surface area (TPSA) is 58.2 Å². The van der Waals surface area contributed by atoms with Crippen LogP contribution in [0.15, 0.2) is 54.6 Å². The molecule has 0 saturated heterocycles. The average Bonchev–Trinajstić information content (AvgIpc) is 2.48. The molecule has 0 atom stereocenters. The van der Waals surface area contributed by atoms with Crippen molar-refractivity contribution in [2.45, 2.75) is 0 Å². The van der Waals surface area contributed by atoms with Crippen molar-refractivity contribution in [3.8, 4) is 12.3 Å². The van der Waals surface area contributed by atoms with E-state index in [2.05, 4.69) is 16.6 Å². The first-order chi connectivity index (χ1) is 9.70. The molecule has 0 fully saturated rings. The molecule has 0 radical (unpaired) electrons. The van der Waals surface area contributed by atoms with Gasteiger partial charge in [0.2, 0.25) is 0 Å². The van der Waals surface area contributed by atoms with E-state index in [1.54, 1.807) is 54.6 Å². The Morgan fingerprint density at radius 2 is 1.60 bits per heavy atom. The summed E-state index contributed by atoms with van der Waals surface area (Å²) in [7, 11) is 0. The molecule has 0 bridgehead atoms. The highest BCUT2D eigenvalue weighted by Gasteiger charge is 2.10.